The normalized spacial score (nSPS) is 33.1. The van der Waals surface area contributed by atoms with E-state index >= 15 is 0 Å². The SMILES string of the molecule is Cc1ccc(S(=O)(=O)O[C@H]2[C@@H]3OC[C@@H](O3)[C@@H]([NH2+]C(C)C)[C@H]2O)cc1. The van der Waals surface area contributed by atoms with Gasteiger partial charge in [0.15, 0.2) is 12.4 Å². The Morgan fingerprint density at radius 2 is 1.96 bits per heavy atom. The average molecular weight is 358 g/mol. The quantitative estimate of drug-likeness (QED) is 0.690. The molecule has 134 valence electrons. The first-order valence-electron chi connectivity index (χ1n) is 8.08. The van der Waals surface area contributed by atoms with Gasteiger partial charge in [0.05, 0.1) is 17.5 Å². The molecular weight excluding hydrogens is 334 g/mol. The van der Waals surface area contributed by atoms with Gasteiger partial charge in [-0.1, -0.05) is 17.7 Å². The fraction of sp³-hybridized carbons (Fsp3) is 0.625. The number of hydrogen-bond donors (Lipinski definition) is 2. The van der Waals surface area contributed by atoms with E-state index in [1.165, 1.54) is 12.1 Å². The van der Waals surface area contributed by atoms with Crippen LogP contribution in [0.4, 0.5) is 0 Å². The molecule has 2 aliphatic rings. The van der Waals surface area contributed by atoms with Gasteiger partial charge in [-0.25, -0.2) is 0 Å². The van der Waals surface area contributed by atoms with E-state index in [4.69, 9.17) is 13.7 Å². The first kappa shape index (κ1) is 17.8. The summed E-state index contributed by atoms with van der Waals surface area (Å²) in [7, 11) is -4.02. The van der Waals surface area contributed by atoms with E-state index in [1.807, 2.05) is 26.1 Å². The van der Waals surface area contributed by atoms with Gasteiger partial charge in [0.1, 0.15) is 18.2 Å². The number of nitrogens with two attached hydrogens (primary N) is 1. The molecular formula is C16H24NO6S+. The van der Waals surface area contributed by atoms with Gasteiger partial charge in [0.2, 0.25) is 0 Å². The lowest BCUT2D eigenvalue weighted by atomic mass is 9.97. The Balaban J connectivity index is 1.81. The largest absolute Gasteiger partial charge is 0.384 e. The number of aliphatic hydroxyl groups excluding tert-OH is 1. The number of rotatable bonds is 5. The number of aryl methyl sites for hydroxylation is 1. The maximum absolute atomic E-state index is 12.5. The van der Waals surface area contributed by atoms with Crippen LogP contribution in [0.2, 0.25) is 0 Å². The molecule has 7 nitrogen and oxygen atoms in total. The molecule has 0 spiro atoms. The van der Waals surface area contributed by atoms with E-state index in [2.05, 4.69) is 0 Å². The third kappa shape index (κ3) is 3.49. The van der Waals surface area contributed by atoms with Gasteiger partial charge in [-0.05, 0) is 32.9 Å². The lowest BCUT2D eigenvalue weighted by Crippen LogP contribution is -2.99. The van der Waals surface area contributed by atoms with Crippen LogP contribution in [0.25, 0.3) is 0 Å². The molecule has 0 aliphatic carbocycles. The summed E-state index contributed by atoms with van der Waals surface area (Å²) in [4.78, 5) is 0.0461. The van der Waals surface area contributed by atoms with Crippen LogP contribution in [0.1, 0.15) is 19.4 Å². The summed E-state index contributed by atoms with van der Waals surface area (Å²) in [5, 5.41) is 12.6. The Kier molecular flexibility index (Phi) is 4.96. The predicted octanol–water partition coefficient (Wildman–Crippen LogP) is -0.475. The van der Waals surface area contributed by atoms with Crippen molar-refractivity contribution in [2.45, 2.75) is 62.4 Å². The molecule has 2 aliphatic heterocycles. The predicted molar refractivity (Wildman–Crippen MR) is 84.7 cm³/mol. The van der Waals surface area contributed by atoms with E-state index in [-0.39, 0.29) is 23.1 Å². The highest BCUT2D eigenvalue weighted by Crippen LogP contribution is 2.31. The van der Waals surface area contributed by atoms with Crippen LogP contribution < -0.4 is 5.32 Å². The van der Waals surface area contributed by atoms with Crippen molar-refractivity contribution in [3.05, 3.63) is 29.8 Å². The fourth-order valence-corrected chi connectivity index (χ4v) is 4.18. The Bertz CT molecular complexity index is 674. The minimum absolute atomic E-state index is 0.0461. The molecule has 0 amide bonds. The molecule has 2 heterocycles. The second-order valence-corrected chi connectivity index (χ2v) is 8.28. The van der Waals surface area contributed by atoms with E-state index in [0.717, 1.165) is 5.56 Å². The van der Waals surface area contributed by atoms with Gasteiger partial charge >= 0.3 is 0 Å². The molecule has 0 unspecified atom stereocenters. The number of quaternary nitrogens is 1. The third-order valence-corrected chi connectivity index (χ3v) is 5.64. The highest BCUT2D eigenvalue weighted by atomic mass is 32.2. The standard InChI is InChI=1S/C16H23NO6S/c1-9(2)17-13-12-8-21-16(22-12)15(14(13)18)23-24(19,20)11-6-4-10(3)5-7-11/h4-7,9,12-18H,8H2,1-3H3/p+1/t12-,13-,14-,15-,16-/m1/s1. The Morgan fingerprint density at radius 1 is 1.29 bits per heavy atom. The van der Waals surface area contributed by atoms with Gasteiger partial charge < -0.3 is 19.9 Å². The van der Waals surface area contributed by atoms with E-state index in [0.29, 0.717) is 6.61 Å². The van der Waals surface area contributed by atoms with Gasteiger partial charge in [-0.15, -0.1) is 0 Å². The molecule has 1 aromatic carbocycles. The third-order valence-electron chi connectivity index (χ3n) is 4.32. The van der Waals surface area contributed by atoms with E-state index in [9.17, 15) is 13.5 Å². The van der Waals surface area contributed by atoms with Gasteiger partial charge in [0, 0.05) is 0 Å². The minimum Gasteiger partial charge on any atom is -0.384 e. The van der Waals surface area contributed by atoms with Gasteiger partial charge in [0.25, 0.3) is 10.1 Å². The molecule has 3 rings (SSSR count). The first-order chi connectivity index (χ1) is 11.3. The van der Waals surface area contributed by atoms with Crippen molar-refractivity contribution < 1.29 is 32.5 Å². The Morgan fingerprint density at radius 3 is 2.58 bits per heavy atom. The zero-order chi connectivity index (χ0) is 17.5. The summed E-state index contributed by atoms with van der Waals surface area (Å²) in [6.45, 7) is 6.18. The van der Waals surface area contributed by atoms with Crippen molar-refractivity contribution >= 4 is 10.1 Å². The van der Waals surface area contributed by atoms with Crippen LogP contribution in [-0.2, 0) is 23.8 Å². The summed E-state index contributed by atoms with van der Waals surface area (Å²) in [6, 6.07) is 6.25. The average Bonchev–Trinajstić information content (AvgIpc) is 2.95. The van der Waals surface area contributed by atoms with Crippen LogP contribution in [0.3, 0.4) is 0 Å². The lowest BCUT2D eigenvalue weighted by Gasteiger charge is -2.36. The molecule has 0 saturated carbocycles. The summed E-state index contributed by atoms with van der Waals surface area (Å²) >= 11 is 0. The van der Waals surface area contributed by atoms with Gasteiger partial charge in [-0.2, -0.15) is 8.42 Å². The van der Waals surface area contributed by atoms with Crippen molar-refractivity contribution in [1.29, 1.82) is 0 Å². The van der Waals surface area contributed by atoms with Crippen molar-refractivity contribution in [2.24, 2.45) is 0 Å². The van der Waals surface area contributed by atoms with Crippen LogP contribution >= 0.6 is 0 Å². The minimum atomic E-state index is -4.02. The first-order valence-corrected chi connectivity index (χ1v) is 9.49. The molecule has 3 N–H and O–H groups in total. The van der Waals surface area contributed by atoms with Crippen LogP contribution in [0.5, 0.6) is 0 Å². The fourth-order valence-electron chi connectivity index (χ4n) is 3.11. The van der Waals surface area contributed by atoms with Crippen molar-refractivity contribution in [3.8, 4) is 0 Å². The summed E-state index contributed by atoms with van der Waals surface area (Å²) in [5.41, 5.74) is 0.948. The molecule has 5 atom stereocenters. The van der Waals surface area contributed by atoms with Crippen LogP contribution in [-0.4, -0.2) is 56.8 Å². The molecule has 0 radical (unpaired) electrons. The van der Waals surface area contributed by atoms with Crippen molar-refractivity contribution in [3.63, 3.8) is 0 Å². The second kappa shape index (κ2) is 6.70. The van der Waals surface area contributed by atoms with E-state index in [1.54, 1.807) is 12.1 Å². The highest BCUT2D eigenvalue weighted by Gasteiger charge is 2.54. The van der Waals surface area contributed by atoms with Crippen LogP contribution in [0, 0.1) is 6.92 Å². The Labute approximate surface area is 142 Å². The van der Waals surface area contributed by atoms with E-state index < -0.39 is 28.6 Å². The summed E-state index contributed by atoms with van der Waals surface area (Å²) in [6.07, 6.45) is -3.23. The van der Waals surface area contributed by atoms with Crippen molar-refractivity contribution in [2.75, 3.05) is 6.61 Å². The van der Waals surface area contributed by atoms with Gasteiger partial charge in [-0.3, -0.25) is 4.18 Å². The zero-order valence-electron chi connectivity index (χ0n) is 14.0. The smallest absolute Gasteiger partial charge is 0.297 e. The molecule has 24 heavy (non-hydrogen) atoms. The second-order valence-electron chi connectivity index (χ2n) is 6.71. The number of fused-ring (bicyclic) bond motifs is 2. The van der Waals surface area contributed by atoms with Crippen LogP contribution in [0.15, 0.2) is 29.2 Å². The van der Waals surface area contributed by atoms with Crippen molar-refractivity contribution in [1.82, 2.24) is 0 Å². The number of hydrogen-bond acceptors (Lipinski definition) is 6. The number of aliphatic hydroxyl groups is 1. The molecule has 1 aromatic rings. The Hall–Kier alpha value is -1.03. The topological polar surface area (TPSA) is 98.7 Å². The molecule has 2 saturated heterocycles. The molecule has 8 heteroatoms. The lowest BCUT2D eigenvalue weighted by molar-refractivity contribution is -0.732. The summed E-state index contributed by atoms with van der Waals surface area (Å²) < 4.78 is 41.5. The molecule has 2 bridgehead atoms. The highest BCUT2D eigenvalue weighted by molar-refractivity contribution is 7.86. The zero-order valence-corrected chi connectivity index (χ0v) is 14.8. The maximum Gasteiger partial charge on any atom is 0.297 e. The molecule has 0 aromatic heterocycles. The number of benzene rings is 1. The monoisotopic (exact) mass is 358 g/mol. The summed E-state index contributed by atoms with van der Waals surface area (Å²) in [5.74, 6) is 0. The molecule has 2 fully saturated rings. The maximum atomic E-state index is 12.5. The number of ether oxygens (including phenoxy) is 2.